The minimum absolute atomic E-state index is 0.0213. The number of amides is 1. The zero-order valence-corrected chi connectivity index (χ0v) is 23.2. The topological polar surface area (TPSA) is 225 Å². The summed E-state index contributed by atoms with van der Waals surface area (Å²) in [5, 5.41) is 72.1. The van der Waals surface area contributed by atoms with Crippen LogP contribution in [0.25, 0.3) is 0 Å². The van der Waals surface area contributed by atoms with Crippen molar-refractivity contribution in [3.63, 3.8) is 0 Å². The van der Waals surface area contributed by atoms with Gasteiger partial charge in [0.25, 0.3) is 0 Å². The molecule has 15 heteroatoms. The van der Waals surface area contributed by atoms with E-state index in [1.807, 2.05) is 0 Å². The van der Waals surface area contributed by atoms with Gasteiger partial charge in [0.1, 0.15) is 54.9 Å². The van der Waals surface area contributed by atoms with Crippen molar-refractivity contribution in [2.75, 3.05) is 19.7 Å². The molecule has 1 aromatic rings. The maximum Gasteiger partial charge on any atom is 0.333 e. The molecule has 3 fully saturated rings. The number of rotatable bonds is 10. The van der Waals surface area contributed by atoms with Crippen molar-refractivity contribution in [3.05, 3.63) is 35.9 Å². The Morgan fingerprint density at radius 2 is 1.50 bits per heavy atom. The van der Waals surface area contributed by atoms with Crippen molar-refractivity contribution in [1.29, 1.82) is 0 Å². The zero-order valence-electron chi connectivity index (χ0n) is 23.2. The first-order chi connectivity index (χ1) is 19.9. The fourth-order valence-corrected chi connectivity index (χ4v) is 5.27. The molecular weight excluding hydrogens is 562 g/mol. The van der Waals surface area contributed by atoms with Crippen LogP contribution >= 0.6 is 0 Å². The van der Waals surface area contributed by atoms with Gasteiger partial charge in [0.05, 0.1) is 12.7 Å². The minimum Gasteiger partial charge on any atom is -0.479 e. The van der Waals surface area contributed by atoms with Gasteiger partial charge in [0.15, 0.2) is 18.7 Å². The Bertz CT molecular complexity index is 1050. The van der Waals surface area contributed by atoms with E-state index in [0.29, 0.717) is 5.56 Å². The van der Waals surface area contributed by atoms with Gasteiger partial charge < -0.3 is 64.3 Å². The predicted molar refractivity (Wildman–Crippen MR) is 139 cm³/mol. The lowest BCUT2D eigenvalue weighted by Gasteiger charge is -2.44. The molecule has 0 bridgehead atoms. The zero-order chi connectivity index (χ0) is 30.7. The highest BCUT2D eigenvalue weighted by atomic mass is 16.7. The second-order valence-electron chi connectivity index (χ2n) is 10.8. The first kappa shape index (κ1) is 32.6. The minimum atomic E-state index is -1.74. The van der Waals surface area contributed by atoms with Gasteiger partial charge >= 0.3 is 5.97 Å². The molecule has 0 saturated carbocycles. The molecule has 0 radical (unpaired) electrons. The largest absolute Gasteiger partial charge is 0.479 e. The number of hydrogen-bond acceptors (Lipinski definition) is 13. The van der Waals surface area contributed by atoms with Gasteiger partial charge in [-0.3, -0.25) is 4.79 Å². The van der Waals surface area contributed by atoms with Gasteiger partial charge in [-0.05, 0) is 12.5 Å². The Morgan fingerprint density at radius 1 is 0.905 bits per heavy atom. The second kappa shape index (κ2) is 14.0. The van der Waals surface area contributed by atoms with Crippen molar-refractivity contribution in [2.24, 2.45) is 0 Å². The summed E-state index contributed by atoms with van der Waals surface area (Å²) in [6.07, 6.45) is -18.1. The number of hydrogen-bond donors (Lipinski definition) is 7. The molecule has 15 nitrogen and oxygen atoms in total. The summed E-state index contributed by atoms with van der Waals surface area (Å²) in [6, 6.07) is 8.62. The molecule has 7 N–H and O–H groups in total. The number of ether oxygens (including phenoxy) is 5. The van der Waals surface area contributed by atoms with Crippen molar-refractivity contribution in [3.8, 4) is 0 Å². The first-order valence-corrected chi connectivity index (χ1v) is 13.7. The molecule has 0 aromatic heterocycles. The number of carboxylic acid groups (broad SMARTS) is 1. The molecule has 3 aliphatic heterocycles. The molecule has 236 valence electrons. The molecule has 3 heterocycles. The van der Waals surface area contributed by atoms with E-state index in [4.69, 9.17) is 23.7 Å². The van der Waals surface area contributed by atoms with Crippen LogP contribution < -0.4 is 0 Å². The summed E-state index contributed by atoms with van der Waals surface area (Å²) in [5.41, 5.74) is 0.641. The van der Waals surface area contributed by atoms with E-state index in [9.17, 15) is 45.3 Å². The van der Waals surface area contributed by atoms with E-state index < -0.39 is 92.3 Å². The fourth-order valence-electron chi connectivity index (χ4n) is 5.27. The van der Waals surface area contributed by atoms with Crippen LogP contribution in [-0.4, -0.2) is 152 Å². The van der Waals surface area contributed by atoms with Crippen molar-refractivity contribution < 1.29 is 69.0 Å². The van der Waals surface area contributed by atoms with E-state index in [1.165, 1.54) is 18.7 Å². The molecule has 0 aliphatic carbocycles. The van der Waals surface area contributed by atoms with Crippen LogP contribution in [0.3, 0.4) is 0 Å². The van der Waals surface area contributed by atoms with Crippen LogP contribution in [0.5, 0.6) is 0 Å². The molecule has 13 atom stereocenters. The molecule has 3 saturated heterocycles. The standard InChI is InChI=1S/C27H39NO14/c1-12-19(31)21(33)22(34)26(38-12)40-16-9-28(13(2)30)10-17(16)41-27-23(35)24(20(32)18(11-29)42-27)39-15(25(36)37)8-14-6-4-3-5-7-14/h3-7,12,15-24,26-27,29,31-35H,8-11H2,1-2H3,(H,36,37)/t12-,15-,16+,17+,18+,19+,20-,21+,22-,23+,24-,26-,27+/m0/s1. The molecule has 3 aliphatic rings. The summed E-state index contributed by atoms with van der Waals surface area (Å²) in [5.74, 6) is -1.67. The van der Waals surface area contributed by atoms with Crippen LogP contribution in [0.4, 0.5) is 0 Å². The number of carboxylic acids is 1. The van der Waals surface area contributed by atoms with E-state index in [0.717, 1.165) is 0 Å². The maximum absolute atomic E-state index is 12.2. The van der Waals surface area contributed by atoms with Gasteiger partial charge in [0, 0.05) is 26.4 Å². The third-order valence-electron chi connectivity index (χ3n) is 7.77. The van der Waals surface area contributed by atoms with Crippen molar-refractivity contribution in [1.82, 2.24) is 4.90 Å². The lowest BCUT2D eigenvalue weighted by molar-refractivity contribution is -0.337. The third kappa shape index (κ3) is 7.26. The average molecular weight is 602 g/mol. The van der Waals surface area contributed by atoms with Crippen LogP contribution in [0.2, 0.25) is 0 Å². The summed E-state index contributed by atoms with van der Waals surface area (Å²) >= 11 is 0. The van der Waals surface area contributed by atoms with Gasteiger partial charge in [-0.1, -0.05) is 30.3 Å². The molecule has 42 heavy (non-hydrogen) atoms. The SMILES string of the molecule is CC(=O)N1C[C@@H](O[C@@H]2O[C@@H](C)[C@@H](O)[C@@H](O)[C@@H]2O)[C@H](O[C@@H]2O[C@H](CO)[C@H](O)[C@H](O[C@@H](Cc3ccccc3)C(=O)O)[C@H]2O)C1. The number of aliphatic hydroxyl groups excluding tert-OH is 6. The Hall–Kier alpha value is -2.28. The average Bonchev–Trinajstić information content (AvgIpc) is 3.36. The van der Waals surface area contributed by atoms with Gasteiger partial charge in [-0.15, -0.1) is 0 Å². The van der Waals surface area contributed by atoms with E-state index in [2.05, 4.69) is 0 Å². The van der Waals surface area contributed by atoms with Gasteiger partial charge in [0.2, 0.25) is 5.91 Å². The lowest BCUT2D eigenvalue weighted by Crippen LogP contribution is -2.62. The molecule has 0 spiro atoms. The summed E-state index contributed by atoms with van der Waals surface area (Å²) in [6.45, 7) is 2.02. The molecule has 1 aromatic carbocycles. The smallest absolute Gasteiger partial charge is 0.333 e. The van der Waals surface area contributed by atoms with Crippen LogP contribution in [0.1, 0.15) is 19.4 Å². The maximum atomic E-state index is 12.2. The summed E-state index contributed by atoms with van der Waals surface area (Å²) < 4.78 is 28.7. The third-order valence-corrected chi connectivity index (χ3v) is 7.77. The number of carbonyl (C=O) groups is 2. The van der Waals surface area contributed by atoms with Crippen LogP contribution in [0, 0.1) is 0 Å². The highest BCUT2D eigenvalue weighted by molar-refractivity contribution is 5.73. The Kier molecular flexibility index (Phi) is 10.9. The molecule has 0 unspecified atom stereocenters. The summed E-state index contributed by atoms with van der Waals surface area (Å²) in [7, 11) is 0. The normalized spacial score (nSPS) is 39.7. The van der Waals surface area contributed by atoms with Crippen molar-refractivity contribution >= 4 is 11.9 Å². The van der Waals surface area contributed by atoms with Gasteiger partial charge in [-0.2, -0.15) is 0 Å². The Morgan fingerprint density at radius 3 is 2.05 bits per heavy atom. The summed E-state index contributed by atoms with van der Waals surface area (Å²) in [4.78, 5) is 25.5. The van der Waals surface area contributed by atoms with Crippen LogP contribution in [0.15, 0.2) is 30.3 Å². The molecule has 1 amide bonds. The highest BCUT2D eigenvalue weighted by Crippen LogP contribution is 2.31. The van der Waals surface area contributed by atoms with E-state index >= 15 is 0 Å². The number of nitrogens with zero attached hydrogens (tertiary/aromatic N) is 1. The molecule has 4 rings (SSSR count). The van der Waals surface area contributed by atoms with E-state index in [-0.39, 0.29) is 25.4 Å². The number of benzene rings is 1. The predicted octanol–water partition coefficient (Wildman–Crippen LogP) is -3.03. The Balaban J connectivity index is 1.50. The quantitative estimate of drug-likeness (QED) is 0.142. The number of aliphatic carboxylic acids is 1. The monoisotopic (exact) mass is 601 g/mol. The first-order valence-electron chi connectivity index (χ1n) is 13.7. The highest BCUT2D eigenvalue weighted by Gasteiger charge is 2.51. The van der Waals surface area contributed by atoms with Gasteiger partial charge in [-0.25, -0.2) is 4.79 Å². The van der Waals surface area contributed by atoms with Crippen molar-refractivity contribution in [2.45, 2.75) is 100.0 Å². The number of aliphatic hydroxyl groups is 6. The molecular formula is C27H39NO14. The second-order valence-corrected chi connectivity index (χ2v) is 10.8. The number of likely N-dealkylation sites (tertiary alicyclic amines) is 1. The number of carbonyl (C=O) groups excluding carboxylic acids is 1. The fraction of sp³-hybridized carbons (Fsp3) is 0.704. The lowest BCUT2D eigenvalue weighted by atomic mass is 9.98. The van der Waals surface area contributed by atoms with E-state index in [1.54, 1.807) is 30.3 Å². The van der Waals surface area contributed by atoms with Crippen LogP contribution in [-0.2, 0) is 39.7 Å². The Labute approximate surface area is 241 Å².